The lowest BCUT2D eigenvalue weighted by Crippen LogP contribution is -2.04. The van der Waals surface area contributed by atoms with Crippen LogP contribution >= 0.6 is 0 Å². The Morgan fingerprint density at radius 3 is 2.48 bits per heavy atom. The van der Waals surface area contributed by atoms with Crippen molar-refractivity contribution in [1.82, 2.24) is 0 Å². The number of hydrogen-bond acceptors (Lipinski definition) is 5. The number of benzene rings is 2. The van der Waals surface area contributed by atoms with Gasteiger partial charge in [-0.25, -0.2) is 9.18 Å². The fraction of sp³-hybridized carbons (Fsp3) is 0.0714. The van der Waals surface area contributed by atoms with Crippen molar-refractivity contribution in [3.8, 4) is 17.2 Å². The van der Waals surface area contributed by atoms with Gasteiger partial charge in [0.1, 0.15) is 5.82 Å². The summed E-state index contributed by atoms with van der Waals surface area (Å²) in [6, 6.07) is 6.08. The number of nitrogens with one attached hydrogen (secondary N) is 1. The van der Waals surface area contributed by atoms with E-state index in [1.807, 2.05) is 0 Å². The zero-order chi connectivity index (χ0) is 15.6. The summed E-state index contributed by atoms with van der Waals surface area (Å²) in [5.41, 5.74) is 0.144. The molecule has 0 atom stereocenters. The quantitative estimate of drug-likeness (QED) is 0.553. The first-order valence-corrected chi connectivity index (χ1v) is 5.89. The van der Waals surface area contributed by atoms with E-state index in [0.29, 0.717) is 5.69 Å². The van der Waals surface area contributed by atoms with Crippen LogP contribution in [0.5, 0.6) is 17.2 Å². The summed E-state index contributed by atoms with van der Waals surface area (Å²) in [7, 11) is 0. The van der Waals surface area contributed by atoms with Crippen LogP contribution in [0.1, 0.15) is 15.9 Å². The monoisotopic (exact) mass is 293 g/mol. The van der Waals surface area contributed by atoms with Crippen molar-refractivity contribution in [3.63, 3.8) is 0 Å². The standard InChI is InChI=1S/C14H12FNO5/c15-10-3-2-8(5-9(10)14(20)21)16-6-7-1-4-11(17)13(19)12(7)18/h1-5,16-19H,6H2,(H,20,21). The Morgan fingerprint density at radius 2 is 1.81 bits per heavy atom. The minimum Gasteiger partial charge on any atom is -0.504 e. The highest BCUT2D eigenvalue weighted by atomic mass is 19.1. The fourth-order valence-corrected chi connectivity index (χ4v) is 1.75. The van der Waals surface area contributed by atoms with E-state index in [0.717, 1.165) is 12.1 Å². The van der Waals surface area contributed by atoms with E-state index in [9.17, 15) is 24.5 Å². The Bertz CT molecular complexity index is 702. The molecule has 110 valence electrons. The second kappa shape index (κ2) is 5.58. The van der Waals surface area contributed by atoms with Crippen molar-refractivity contribution in [2.75, 3.05) is 5.32 Å². The van der Waals surface area contributed by atoms with Crippen LogP contribution in [0.3, 0.4) is 0 Å². The second-order valence-corrected chi connectivity index (χ2v) is 4.29. The molecule has 0 unspecified atom stereocenters. The van der Waals surface area contributed by atoms with Gasteiger partial charge in [0.2, 0.25) is 5.75 Å². The van der Waals surface area contributed by atoms with E-state index < -0.39 is 34.6 Å². The molecule has 0 aliphatic heterocycles. The number of rotatable bonds is 4. The van der Waals surface area contributed by atoms with E-state index in [4.69, 9.17) is 5.11 Å². The van der Waals surface area contributed by atoms with E-state index in [-0.39, 0.29) is 12.1 Å². The highest BCUT2D eigenvalue weighted by molar-refractivity contribution is 5.89. The largest absolute Gasteiger partial charge is 0.504 e. The van der Waals surface area contributed by atoms with Crippen LogP contribution in [0.15, 0.2) is 30.3 Å². The van der Waals surface area contributed by atoms with Crippen molar-refractivity contribution in [2.24, 2.45) is 0 Å². The van der Waals surface area contributed by atoms with Crippen molar-refractivity contribution >= 4 is 11.7 Å². The predicted molar refractivity (Wildman–Crippen MR) is 72.1 cm³/mol. The van der Waals surface area contributed by atoms with Crippen LogP contribution in [0.25, 0.3) is 0 Å². The van der Waals surface area contributed by atoms with Crippen LogP contribution in [0, 0.1) is 5.82 Å². The first-order valence-electron chi connectivity index (χ1n) is 5.89. The highest BCUT2D eigenvalue weighted by Crippen LogP contribution is 2.37. The van der Waals surface area contributed by atoms with Gasteiger partial charge in [-0.2, -0.15) is 0 Å². The third kappa shape index (κ3) is 2.97. The van der Waals surface area contributed by atoms with E-state index in [2.05, 4.69) is 5.32 Å². The molecule has 21 heavy (non-hydrogen) atoms. The molecule has 0 saturated heterocycles. The summed E-state index contributed by atoms with van der Waals surface area (Å²) >= 11 is 0. The van der Waals surface area contributed by atoms with E-state index in [1.54, 1.807) is 0 Å². The summed E-state index contributed by atoms with van der Waals surface area (Å²) in [6.07, 6.45) is 0. The molecular weight excluding hydrogens is 281 g/mol. The topological polar surface area (TPSA) is 110 Å². The van der Waals surface area contributed by atoms with Crippen molar-refractivity contribution in [3.05, 3.63) is 47.3 Å². The molecule has 0 aliphatic carbocycles. The SMILES string of the molecule is O=C(O)c1cc(NCc2ccc(O)c(O)c2O)ccc1F. The lowest BCUT2D eigenvalue weighted by atomic mass is 10.1. The molecule has 5 N–H and O–H groups in total. The van der Waals surface area contributed by atoms with Crippen molar-refractivity contribution in [1.29, 1.82) is 0 Å². The lowest BCUT2D eigenvalue weighted by molar-refractivity contribution is 0.0692. The summed E-state index contributed by atoms with van der Waals surface area (Å²) in [4.78, 5) is 10.8. The van der Waals surface area contributed by atoms with Crippen LogP contribution in [0.2, 0.25) is 0 Å². The van der Waals surface area contributed by atoms with Gasteiger partial charge in [-0.15, -0.1) is 0 Å². The molecule has 2 rings (SSSR count). The molecular formula is C14H12FNO5. The van der Waals surface area contributed by atoms with Gasteiger partial charge in [0.15, 0.2) is 11.5 Å². The summed E-state index contributed by atoms with van der Waals surface area (Å²) in [5.74, 6) is -3.81. The van der Waals surface area contributed by atoms with Gasteiger partial charge in [0.05, 0.1) is 5.56 Å². The maximum Gasteiger partial charge on any atom is 0.338 e. The van der Waals surface area contributed by atoms with Gasteiger partial charge in [-0.3, -0.25) is 0 Å². The summed E-state index contributed by atoms with van der Waals surface area (Å²) in [5, 5.41) is 39.8. The van der Waals surface area contributed by atoms with Gasteiger partial charge in [-0.1, -0.05) is 0 Å². The van der Waals surface area contributed by atoms with Gasteiger partial charge in [0.25, 0.3) is 0 Å². The van der Waals surface area contributed by atoms with Gasteiger partial charge in [0, 0.05) is 17.8 Å². The number of phenolic OH excluding ortho intramolecular Hbond substituents is 3. The zero-order valence-corrected chi connectivity index (χ0v) is 10.7. The number of anilines is 1. The van der Waals surface area contributed by atoms with E-state index >= 15 is 0 Å². The average Bonchev–Trinajstić information content (AvgIpc) is 2.45. The Kier molecular flexibility index (Phi) is 3.84. The molecule has 0 aromatic heterocycles. The number of hydrogen-bond donors (Lipinski definition) is 5. The molecule has 0 fully saturated rings. The Labute approximate surface area is 118 Å². The molecule has 2 aromatic rings. The first kappa shape index (κ1) is 14.4. The number of carbonyl (C=O) groups is 1. The Morgan fingerprint density at radius 1 is 1.10 bits per heavy atom. The first-order chi connectivity index (χ1) is 9.90. The van der Waals surface area contributed by atoms with E-state index in [1.165, 1.54) is 18.2 Å². The molecule has 0 heterocycles. The number of aromatic hydroxyl groups is 3. The Balaban J connectivity index is 2.19. The third-order valence-electron chi connectivity index (χ3n) is 2.89. The smallest absolute Gasteiger partial charge is 0.338 e. The summed E-state index contributed by atoms with van der Waals surface area (Å²) < 4.78 is 13.2. The number of carboxylic acid groups (broad SMARTS) is 1. The number of halogens is 1. The highest BCUT2D eigenvalue weighted by Gasteiger charge is 2.13. The molecule has 0 saturated carbocycles. The molecule has 6 nitrogen and oxygen atoms in total. The molecule has 7 heteroatoms. The normalized spacial score (nSPS) is 10.3. The van der Waals surface area contributed by atoms with Gasteiger partial charge >= 0.3 is 5.97 Å². The minimum absolute atomic E-state index is 0.0460. The number of phenols is 3. The second-order valence-electron chi connectivity index (χ2n) is 4.29. The van der Waals surface area contributed by atoms with Crippen LogP contribution in [-0.4, -0.2) is 26.4 Å². The summed E-state index contributed by atoms with van der Waals surface area (Å²) in [6.45, 7) is 0.0460. The van der Waals surface area contributed by atoms with Crippen LogP contribution in [-0.2, 0) is 6.54 Å². The maximum atomic E-state index is 13.2. The number of carboxylic acids is 1. The minimum atomic E-state index is -1.39. The number of aromatic carboxylic acids is 1. The molecule has 2 aromatic carbocycles. The molecule has 0 aliphatic rings. The fourth-order valence-electron chi connectivity index (χ4n) is 1.75. The Hall–Kier alpha value is -2.96. The average molecular weight is 293 g/mol. The molecule has 0 radical (unpaired) electrons. The zero-order valence-electron chi connectivity index (χ0n) is 10.7. The maximum absolute atomic E-state index is 13.2. The van der Waals surface area contributed by atoms with Crippen LogP contribution in [0.4, 0.5) is 10.1 Å². The third-order valence-corrected chi connectivity index (χ3v) is 2.89. The molecule has 0 spiro atoms. The van der Waals surface area contributed by atoms with Gasteiger partial charge in [-0.05, 0) is 30.3 Å². The van der Waals surface area contributed by atoms with Crippen molar-refractivity contribution in [2.45, 2.75) is 6.54 Å². The van der Waals surface area contributed by atoms with Gasteiger partial charge < -0.3 is 25.7 Å². The molecule has 0 amide bonds. The molecule has 0 bridgehead atoms. The predicted octanol–water partition coefficient (Wildman–Crippen LogP) is 2.25. The van der Waals surface area contributed by atoms with Crippen LogP contribution < -0.4 is 5.32 Å². The lowest BCUT2D eigenvalue weighted by Gasteiger charge is -2.10. The van der Waals surface area contributed by atoms with Crippen molar-refractivity contribution < 1.29 is 29.6 Å².